The van der Waals surface area contributed by atoms with Gasteiger partial charge in [-0.3, -0.25) is 9.48 Å². The number of amides is 1. The van der Waals surface area contributed by atoms with Gasteiger partial charge in [-0.2, -0.15) is 5.10 Å². The third-order valence-electron chi connectivity index (χ3n) is 3.20. The number of hydrogen-bond acceptors (Lipinski definition) is 3. The number of carbonyl (C=O) groups excluding carboxylic acids is 1. The van der Waals surface area contributed by atoms with E-state index in [4.69, 9.17) is 0 Å². The molecule has 2 unspecified atom stereocenters. The van der Waals surface area contributed by atoms with Gasteiger partial charge in [0, 0.05) is 25.7 Å². The Morgan fingerprint density at radius 1 is 1.69 bits per heavy atom. The normalized spacial score (nSPS) is 24.6. The topological polar surface area (TPSA) is 67.2 Å². The molecule has 1 saturated carbocycles. The van der Waals surface area contributed by atoms with Gasteiger partial charge in [-0.15, -0.1) is 0 Å². The highest BCUT2D eigenvalue weighted by molar-refractivity contribution is 5.92. The Labute approximate surface area is 94.5 Å². The zero-order valence-corrected chi connectivity index (χ0v) is 9.39. The number of aryl methyl sites for hydroxylation is 1. The smallest absolute Gasteiger partial charge is 0.269 e. The van der Waals surface area contributed by atoms with E-state index in [0.717, 1.165) is 19.3 Å². The molecular weight excluding hydrogens is 206 g/mol. The molecule has 2 N–H and O–H groups in total. The molecule has 0 radical (unpaired) electrons. The van der Waals surface area contributed by atoms with Gasteiger partial charge in [-0.05, 0) is 18.9 Å². The van der Waals surface area contributed by atoms with Crippen molar-refractivity contribution >= 4 is 5.91 Å². The summed E-state index contributed by atoms with van der Waals surface area (Å²) in [6, 6.07) is 1.68. The van der Waals surface area contributed by atoms with Crippen LogP contribution in [-0.2, 0) is 7.05 Å². The summed E-state index contributed by atoms with van der Waals surface area (Å²) in [5, 5.41) is 16.4. The number of hydrogen-bond donors (Lipinski definition) is 2. The number of aliphatic hydroxyl groups excluding tert-OH is 1. The second-order valence-corrected chi connectivity index (χ2v) is 4.31. The van der Waals surface area contributed by atoms with Gasteiger partial charge in [-0.1, -0.05) is 6.42 Å². The first-order valence-corrected chi connectivity index (χ1v) is 5.62. The number of aromatic nitrogens is 2. The van der Waals surface area contributed by atoms with Gasteiger partial charge in [0.25, 0.3) is 5.91 Å². The maximum absolute atomic E-state index is 11.7. The highest BCUT2D eigenvalue weighted by atomic mass is 16.3. The average molecular weight is 223 g/mol. The maximum Gasteiger partial charge on any atom is 0.269 e. The summed E-state index contributed by atoms with van der Waals surface area (Å²) in [5.74, 6) is 0.0799. The van der Waals surface area contributed by atoms with Gasteiger partial charge in [0.05, 0.1) is 6.10 Å². The van der Waals surface area contributed by atoms with Crippen LogP contribution in [-0.4, -0.2) is 33.4 Å². The Balaban J connectivity index is 1.86. The number of carbonyl (C=O) groups is 1. The summed E-state index contributed by atoms with van der Waals surface area (Å²) in [4.78, 5) is 11.7. The summed E-state index contributed by atoms with van der Waals surface area (Å²) in [5.41, 5.74) is 0.549. The lowest BCUT2D eigenvalue weighted by Crippen LogP contribution is -2.33. The fourth-order valence-corrected chi connectivity index (χ4v) is 2.17. The fraction of sp³-hybridized carbons (Fsp3) is 0.636. The van der Waals surface area contributed by atoms with E-state index < -0.39 is 0 Å². The molecule has 1 fully saturated rings. The molecule has 88 valence electrons. The molecule has 1 aliphatic carbocycles. The van der Waals surface area contributed by atoms with Crippen LogP contribution in [0.1, 0.15) is 29.8 Å². The van der Waals surface area contributed by atoms with Crippen LogP contribution in [0.4, 0.5) is 0 Å². The Bertz CT molecular complexity index is 375. The largest absolute Gasteiger partial charge is 0.393 e. The molecule has 1 aromatic heterocycles. The minimum Gasteiger partial charge on any atom is -0.393 e. The van der Waals surface area contributed by atoms with Gasteiger partial charge < -0.3 is 10.4 Å². The second-order valence-electron chi connectivity index (χ2n) is 4.31. The molecule has 0 bridgehead atoms. The van der Waals surface area contributed by atoms with Crippen molar-refractivity contribution in [2.75, 3.05) is 6.54 Å². The Morgan fingerprint density at radius 2 is 2.50 bits per heavy atom. The Kier molecular flexibility index (Phi) is 3.24. The van der Waals surface area contributed by atoms with Crippen molar-refractivity contribution in [3.8, 4) is 0 Å². The molecule has 2 rings (SSSR count). The average Bonchev–Trinajstić information content (AvgIpc) is 2.84. The van der Waals surface area contributed by atoms with Crippen molar-refractivity contribution in [1.29, 1.82) is 0 Å². The lowest BCUT2D eigenvalue weighted by Gasteiger charge is -2.14. The minimum absolute atomic E-state index is 0.126. The van der Waals surface area contributed by atoms with Crippen molar-refractivity contribution in [2.24, 2.45) is 13.0 Å². The summed E-state index contributed by atoms with van der Waals surface area (Å²) in [7, 11) is 1.74. The highest BCUT2D eigenvalue weighted by Gasteiger charge is 2.25. The number of nitrogens with zero attached hydrogens (tertiary/aromatic N) is 2. The van der Waals surface area contributed by atoms with Gasteiger partial charge in [0.15, 0.2) is 0 Å². The lowest BCUT2D eigenvalue weighted by atomic mass is 10.1. The van der Waals surface area contributed by atoms with Crippen molar-refractivity contribution < 1.29 is 9.90 Å². The van der Waals surface area contributed by atoms with Gasteiger partial charge in [-0.25, -0.2) is 0 Å². The van der Waals surface area contributed by atoms with Crippen molar-refractivity contribution in [3.63, 3.8) is 0 Å². The fourth-order valence-electron chi connectivity index (χ4n) is 2.17. The standard InChI is InChI=1S/C11H17N3O2/c1-14-9(5-6-13-14)11(16)12-7-8-3-2-4-10(8)15/h5-6,8,10,15H,2-4,7H2,1H3,(H,12,16). The summed E-state index contributed by atoms with van der Waals surface area (Å²) in [6.07, 6.45) is 4.23. The molecule has 2 atom stereocenters. The molecule has 16 heavy (non-hydrogen) atoms. The first kappa shape index (κ1) is 11.1. The minimum atomic E-state index is -0.258. The van der Waals surface area contributed by atoms with E-state index >= 15 is 0 Å². The first-order chi connectivity index (χ1) is 7.68. The van der Waals surface area contributed by atoms with E-state index in [-0.39, 0.29) is 17.9 Å². The third kappa shape index (κ3) is 2.24. The van der Waals surface area contributed by atoms with Crippen LogP contribution in [0.15, 0.2) is 12.3 Å². The van der Waals surface area contributed by atoms with Crippen LogP contribution >= 0.6 is 0 Å². The quantitative estimate of drug-likeness (QED) is 0.775. The van der Waals surface area contributed by atoms with E-state index in [9.17, 15) is 9.90 Å². The SMILES string of the molecule is Cn1nccc1C(=O)NCC1CCCC1O. The predicted octanol–water partition coefficient (Wildman–Crippen LogP) is 0.311. The number of nitrogens with one attached hydrogen (secondary N) is 1. The molecular formula is C11H17N3O2. The van der Waals surface area contributed by atoms with Crippen LogP contribution in [0.3, 0.4) is 0 Å². The molecule has 1 amide bonds. The molecule has 0 aromatic carbocycles. The zero-order valence-electron chi connectivity index (χ0n) is 9.39. The highest BCUT2D eigenvalue weighted by Crippen LogP contribution is 2.24. The summed E-state index contributed by atoms with van der Waals surface area (Å²) in [6.45, 7) is 0.547. The monoisotopic (exact) mass is 223 g/mol. The van der Waals surface area contributed by atoms with E-state index in [0.29, 0.717) is 12.2 Å². The summed E-state index contributed by atoms with van der Waals surface area (Å²) < 4.78 is 1.54. The van der Waals surface area contributed by atoms with E-state index in [1.54, 1.807) is 24.0 Å². The molecule has 0 saturated heterocycles. The molecule has 1 heterocycles. The number of aliphatic hydroxyl groups is 1. The van der Waals surface area contributed by atoms with Crippen molar-refractivity contribution in [1.82, 2.24) is 15.1 Å². The van der Waals surface area contributed by atoms with E-state index in [2.05, 4.69) is 10.4 Å². The maximum atomic E-state index is 11.7. The van der Waals surface area contributed by atoms with Crippen LogP contribution in [0, 0.1) is 5.92 Å². The van der Waals surface area contributed by atoms with Gasteiger partial charge >= 0.3 is 0 Å². The van der Waals surface area contributed by atoms with Crippen molar-refractivity contribution in [3.05, 3.63) is 18.0 Å². The van der Waals surface area contributed by atoms with E-state index in [1.807, 2.05) is 0 Å². The van der Waals surface area contributed by atoms with E-state index in [1.165, 1.54) is 0 Å². The molecule has 5 heteroatoms. The molecule has 5 nitrogen and oxygen atoms in total. The van der Waals surface area contributed by atoms with Crippen LogP contribution < -0.4 is 5.32 Å². The molecule has 0 aliphatic heterocycles. The van der Waals surface area contributed by atoms with Crippen LogP contribution in [0.5, 0.6) is 0 Å². The number of rotatable bonds is 3. The first-order valence-electron chi connectivity index (χ1n) is 5.62. The van der Waals surface area contributed by atoms with Crippen LogP contribution in [0.2, 0.25) is 0 Å². The van der Waals surface area contributed by atoms with Gasteiger partial charge in [0.2, 0.25) is 0 Å². The Hall–Kier alpha value is -1.36. The Morgan fingerprint density at radius 3 is 3.06 bits per heavy atom. The second kappa shape index (κ2) is 4.65. The molecule has 0 spiro atoms. The third-order valence-corrected chi connectivity index (χ3v) is 3.20. The van der Waals surface area contributed by atoms with Crippen molar-refractivity contribution in [2.45, 2.75) is 25.4 Å². The zero-order chi connectivity index (χ0) is 11.5. The molecule has 1 aromatic rings. The van der Waals surface area contributed by atoms with Crippen LogP contribution in [0.25, 0.3) is 0 Å². The lowest BCUT2D eigenvalue weighted by molar-refractivity contribution is 0.0908. The predicted molar refractivity (Wildman–Crippen MR) is 58.9 cm³/mol. The molecule has 1 aliphatic rings. The summed E-state index contributed by atoms with van der Waals surface area (Å²) >= 11 is 0. The van der Waals surface area contributed by atoms with Gasteiger partial charge in [0.1, 0.15) is 5.69 Å².